The quantitative estimate of drug-likeness (QED) is 0.798. The molecule has 2 aromatic rings. The first-order valence-corrected chi connectivity index (χ1v) is 5.90. The lowest BCUT2D eigenvalue weighted by molar-refractivity contribution is -0.119. The van der Waals surface area contributed by atoms with Gasteiger partial charge in [0, 0.05) is 18.3 Å². The summed E-state index contributed by atoms with van der Waals surface area (Å²) >= 11 is 0. The molecule has 1 aliphatic rings. The van der Waals surface area contributed by atoms with E-state index < -0.39 is 0 Å². The van der Waals surface area contributed by atoms with Crippen LogP contribution in [0, 0.1) is 6.92 Å². The van der Waals surface area contributed by atoms with E-state index in [4.69, 9.17) is 5.73 Å². The molecule has 1 unspecified atom stereocenters. The highest BCUT2D eigenvalue weighted by molar-refractivity contribution is 5.84. The summed E-state index contributed by atoms with van der Waals surface area (Å²) in [5.74, 6) is 1.08. The van der Waals surface area contributed by atoms with Crippen LogP contribution in [-0.4, -0.2) is 38.1 Å². The second-order valence-electron chi connectivity index (χ2n) is 4.48. The molecule has 3 heterocycles. The zero-order valence-corrected chi connectivity index (χ0v) is 10.1. The molecule has 2 aromatic heterocycles. The van der Waals surface area contributed by atoms with Crippen LogP contribution in [0.15, 0.2) is 12.4 Å². The first-order valence-electron chi connectivity index (χ1n) is 5.90. The first kappa shape index (κ1) is 10.9. The molecule has 18 heavy (non-hydrogen) atoms. The summed E-state index contributed by atoms with van der Waals surface area (Å²) < 4.78 is 1.65. The molecule has 0 radical (unpaired) electrons. The van der Waals surface area contributed by atoms with Gasteiger partial charge < -0.3 is 10.6 Å². The van der Waals surface area contributed by atoms with E-state index in [-0.39, 0.29) is 11.9 Å². The number of hydrogen-bond acceptors (Lipinski definition) is 5. The van der Waals surface area contributed by atoms with E-state index in [0.717, 1.165) is 30.9 Å². The second-order valence-corrected chi connectivity index (χ2v) is 4.48. The normalized spacial score (nSPS) is 19.6. The Morgan fingerprint density at radius 1 is 1.56 bits per heavy atom. The molecule has 7 heteroatoms. The molecule has 0 aromatic carbocycles. The van der Waals surface area contributed by atoms with Crippen LogP contribution < -0.4 is 10.6 Å². The zero-order chi connectivity index (χ0) is 12.7. The smallest absolute Gasteiger partial charge is 0.254 e. The lowest BCUT2D eigenvalue weighted by Crippen LogP contribution is -2.41. The SMILES string of the molecule is Cc1cc(N2CCCC2C(N)=O)n2ncnc2n1. The molecule has 1 atom stereocenters. The highest BCUT2D eigenvalue weighted by Crippen LogP contribution is 2.25. The van der Waals surface area contributed by atoms with Gasteiger partial charge in [-0.1, -0.05) is 0 Å². The largest absolute Gasteiger partial charge is 0.368 e. The Bertz CT molecular complexity index is 607. The van der Waals surface area contributed by atoms with Crippen molar-refractivity contribution in [3.63, 3.8) is 0 Å². The average Bonchev–Trinajstić information content (AvgIpc) is 2.95. The summed E-state index contributed by atoms with van der Waals surface area (Å²) in [5, 5.41) is 4.15. The van der Waals surface area contributed by atoms with Crippen LogP contribution in [0.5, 0.6) is 0 Å². The summed E-state index contributed by atoms with van der Waals surface area (Å²) in [6, 6.07) is 1.64. The second kappa shape index (κ2) is 3.94. The number of nitrogens with two attached hydrogens (primary N) is 1. The van der Waals surface area contributed by atoms with Crippen molar-refractivity contribution in [1.29, 1.82) is 0 Å². The number of carbonyl (C=O) groups excluding carboxylic acids is 1. The summed E-state index contributed by atoms with van der Waals surface area (Å²) in [6.45, 7) is 2.69. The third kappa shape index (κ3) is 1.59. The van der Waals surface area contributed by atoms with Crippen molar-refractivity contribution < 1.29 is 4.79 Å². The minimum absolute atomic E-state index is 0.265. The molecule has 3 rings (SSSR count). The number of nitrogens with zero attached hydrogens (tertiary/aromatic N) is 5. The van der Waals surface area contributed by atoms with Crippen molar-refractivity contribution in [2.45, 2.75) is 25.8 Å². The molecule has 2 N–H and O–H groups in total. The maximum atomic E-state index is 11.5. The van der Waals surface area contributed by atoms with Crippen LogP contribution in [0.2, 0.25) is 0 Å². The standard InChI is InChI=1S/C11H14N6O/c1-7-5-9(17-11(15-7)13-6-14-17)16-4-2-3-8(16)10(12)18/h5-6,8H,2-4H2,1H3,(H2,12,18). The summed E-state index contributed by atoms with van der Waals surface area (Å²) in [7, 11) is 0. The minimum Gasteiger partial charge on any atom is -0.368 e. The number of amides is 1. The van der Waals surface area contributed by atoms with Crippen molar-refractivity contribution in [2.24, 2.45) is 5.73 Å². The molecule has 1 saturated heterocycles. The van der Waals surface area contributed by atoms with Crippen LogP contribution in [0.4, 0.5) is 5.82 Å². The number of fused-ring (bicyclic) bond motifs is 1. The molecule has 0 aliphatic carbocycles. The van der Waals surface area contributed by atoms with Crippen molar-refractivity contribution in [2.75, 3.05) is 11.4 Å². The Morgan fingerprint density at radius 3 is 3.17 bits per heavy atom. The summed E-state index contributed by atoms with van der Waals surface area (Å²) in [4.78, 5) is 21.8. The van der Waals surface area contributed by atoms with Gasteiger partial charge in [0.2, 0.25) is 5.91 Å². The number of primary amides is 1. The van der Waals surface area contributed by atoms with Crippen molar-refractivity contribution in [1.82, 2.24) is 19.6 Å². The molecule has 1 aliphatic heterocycles. The van der Waals surface area contributed by atoms with E-state index in [1.165, 1.54) is 6.33 Å². The maximum Gasteiger partial charge on any atom is 0.254 e. The molecule has 7 nitrogen and oxygen atoms in total. The average molecular weight is 246 g/mol. The molecule has 0 saturated carbocycles. The molecular weight excluding hydrogens is 232 g/mol. The topological polar surface area (TPSA) is 89.4 Å². The van der Waals surface area contributed by atoms with Crippen LogP contribution in [0.3, 0.4) is 0 Å². The van der Waals surface area contributed by atoms with Crippen molar-refractivity contribution in [3.05, 3.63) is 18.1 Å². The van der Waals surface area contributed by atoms with Gasteiger partial charge in [0.15, 0.2) is 0 Å². The monoisotopic (exact) mass is 246 g/mol. The van der Waals surface area contributed by atoms with Gasteiger partial charge in [-0.15, -0.1) is 0 Å². The molecular formula is C11H14N6O. The number of aryl methyl sites for hydroxylation is 1. The first-order chi connectivity index (χ1) is 8.66. The number of aromatic nitrogens is 4. The third-order valence-corrected chi connectivity index (χ3v) is 3.24. The van der Waals surface area contributed by atoms with Gasteiger partial charge in [0.1, 0.15) is 18.2 Å². The Kier molecular flexibility index (Phi) is 2.39. The highest BCUT2D eigenvalue weighted by Gasteiger charge is 2.31. The number of hydrogen-bond donors (Lipinski definition) is 1. The fourth-order valence-electron chi connectivity index (χ4n) is 2.45. The minimum atomic E-state index is -0.296. The van der Waals surface area contributed by atoms with Crippen LogP contribution in [0.1, 0.15) is 18.5 Å². The van der Waals surface area contributed by atoms with Gasteiger partial charge in [-0.3, -0.25) is 4.79 Å². The van der Waals surface area contributed by atoms with Gasteiger partial charge >= 0.3 is 0 Å². The Balaban J connectivity index is 2.13. The predicted molar refractivity (Wildman–Crippen MR) is 65.1 cm³/mol. The van der Waals surface area contributed by atoms with E-state index in [2.05, 4.69) is 15.1 Å². The van der Waals surface area contributed by atoms with Crippen molar-refractivity contribution in [3.8, 4) is 0 Å². The maximum absolute atomic E-state index is 11.5. The Labute approximate surface area is 104 Å². The Morgan fingerprint density at radius 2 is 2.39 bits per heavy atom. The van der Waals surface area contributed by atoms with Gasteiger partial charge in [-0.2, -0.15) is 14.6 Å². The van der Waals surface area contributed by atoms with Crippen molar-refractivity contribution >= 4 is 17.5 Å². The van der Waals surface area contributed by atoms with E-state index in [1.54, 1.807) is 4.52 Å². The molecule has 0 spiro atoms. The lowest BCUT2D eigenvalue weighted by Gasteiger charge is -2.24. The Hall–Kier alpha value is -2.18. The fourth-order valence-corrected chi connectivity index (χ4v) is 2.45. The molecule has 1 fully saturated rings. The van der Waals surface area contributed by atoms with E-state index in [1.807, 2.05) is 17.9 Å². The number of anilines is 1. The molecule has 94 valence electrons. The summed E-state index contributed by atoms with van der Waals surface area (Å²) in [6.07, 6.45) is 3.19. The van der Waals surface area contributed by atoms with Crippen LogP contribution in [-0.2, 0) is 4.79 Å². The lowest BCUT2D eigenvalue weighted by atomic mass is 10.2. The number of rotatable bonds is 2. The van der Waals surface area contributed by atoms with Gasteiger partial charge in [0.05, 0.1) is 0 Å². The van der Waals surface area contributed by atoms with E-state index in [9.17, 15) is 4.79 Å². The van der Waals surface area contributed by atoms with Crippen LogP contribution >= 0.6 is 0 Å². The van der Waals surface area contributed by atoms with E-state index >= 15 is 0 Å². The highest BCUT2D eigenvalue weighted by atomic mass is 16.1. The summed E-state index contributed by atoms with van der Waals surface area (Å²) in [5.41, 5.74) is 6.29. The zero-order valence-electron chi connectivity index (χ0n) is 10.1. The molecule has 0 bridgehead atoms. The fraction of sp³-hybridized carbons (Fsp3) is 0.455. The number of carbonyl (C=O) groups is 1. The van der Waals surface area contributed by atoms with E-state index in [0.29, 0.717) is 5.78 Å². The van der Waals surface area contributed by atoms with Crippen LogP contribution in [0.25, 0.3) is 5.78 Å². The third-order valence-electron chi connectivity index (χ3n) is 3.24. The molecule has 1 amide bonds. The van der Waals surface area contributed by atoms with Gasteiger partial charge in [0.25, 0.3) is 5.78 Å². The predicted octanol–water partition coefficient (Wildman–Crippen LogP) is -0.113. The van der Waals surface area contributed by atoms with Gasteiger partial charge in [-0.25, -0.2) is 4.98 Å². The van der Waals surface area contributed by atoms with Gasteiger partial charge in [-0.05, 0) is 19.8 Å².